The highest BCUT2D eigenvalue weighted by Gasteiger charge is 2.03. The standard InChI is InChI=1S/C12H10FNO/c13-12-6-9(3-4-11(12)8-15)10-2-1-5-14-7-10/h1-7,15H,8H2. The smallest absolute Gasteiger partial charge is 0.129 e. The molecule has 0 saturated heterocycles. The molecular formula is C12H10FNO. The molecule has 0 fully saturated rings. The summed E-state index contributed by atoms with van der Waals surface area (Å²) in [6.07, 6.45) is 3.34. The summed E-state index contributed by atoms with van der Waals surface area (Å²) in [4.78, 5) is 3.96. The number of aromatic nitrogens is 1. The van der Waals surface area contributed by atoms with Crippen molar-refractivity contribution in [3.05, 3.63) is 54.1 Å². The van der Waals surface area contributed by atoms with Crippen molar-refractivity contribution >= 4 is 0 Å². The van der Waals surface area contributed by atoms with Crippen molar-refractivity contribution in [1.29, 1.82) is 0 Å². The Morgan fingerprint density at radius 2 is 2.07 bits per heavy atom. The van der Waals surface area contributed by atoms with Gasteiger partial charge in [-0.2, -0.15) is 0 Å². The molecule has 1 aromatic carbocycles. The van der Waals surface area contributed by atoms with Gasteiger partial charge in [0.15, 0.2) is 0 Å². The normalized spacial score (nSPS) is 10.3. The van der Waals surface area contributed by atoms with Gasteiger partial charge in [-0.3, -0.25) is 4.98 Å². The lowest BCUT2D eigenvalue weighted by Gasteiger charge is -2.03. The van der Waals surface area contributed by atoms with Crippen molar-refractivity contribution < 1.29 is 9.50 Å². The first-order valence-corrected chi connectivity index (χ1v) is 4.61. The third kappa shape index (κ3) is 2.02. The highest BCUT2D eigenvalue weighted by molar-refractivity contribution is 5.62. The fourth-order valence-corrected chi connectivity index (χ4v) is 1.39. The van der Waals surface area contributed by atoms with Crippen LogP contribution in [0, 0.1) is 5.82 Å². The molecule has 0 aliphatic rings. The number of aliphatic hydroxyl groups excluding tert-OH is 1. The summed E-state index contributed by atoms with van der Waals surface area (Å²) in [6, 6.07) is 8.42. The van der Waals surface area contributed by atoms with Crippen LogP contribution < -0.4 is 0 Å². The molecule has 3 heteroatoms. The molecule has 0 aliphatic carbocycles. The molecule has 0 spiro atoms. The Morgan fingerprint density at radius 1 is 1.20 bits per heavy atom. The summed E-state index contributed by atoms with van der Waals surface area (Å²) in [6.45, 7) is -0.279. The van der Waals surface area contributed by atoms with E-state index in [0.717, 1.165) is 11.1 Å². The van der Waals surface area contributed by atoms with Gasteiger partial charge in [0.1, 0.15) is 5.82 Å². The Balaban J connectivity index is 2.43. The van der Waals surface area contributed by atoms with Crippen molar-refractivity contribution in [2.45, 2.75) is 6.61 Å². The molecule has 0 unspecified atom stereocenters. The number of rotatable bonds is 2. The first-order chi connectivity index (χ1) is 7.31. The van der Waals surface area contributed by atoms with Crippen LogP contribution in [0.25, 0.3) is 11.1 Å². The molecule has 1 aromatic heterocycles. The van der Waals surface area contributed by atoms with E-state index in [2.05, 4.69) is 4.98 Å². The first-order valence-electron chi connectivity index (χ1n) is 4.61. The van der Waals surface area contributed by atoms with Crippen LogP contribution in [0.2, 0.25) is 0 Å². The number of pyridine rings is 1. The number of benzene rings is 1. The summed E-state index contributed by atoms with van der Waals surface area (Å²) in [5.74, 6) is -0.390. The molecule has 0 radical (unpaired) electrons. The van der Waals surface area contributed by atoms with Crippen LogP contribution in [0.3, 0.4) is 0 Å². The number of halogens is 1. The minimum Gasteiger partial charge on any atom is -0.392 e. The lowest BCUT2D eigenvalue weighted by molar-refractivity contribution is 0.276. The maximum atomic E-state index is 13.4. The monoisotopic (exact) mass is 203 g/mol. The summed E-state index contributed by atoms with van der Waals surface area (Å²) >= 11 is 0. The summed E-state index contributed by atoms with van der Waals surface area (Å²) < 4.78 is 13.4. The predicted octanol–water partition coefficient (Wildman–Crippen LogP) is 2.38. The summed E-state index contributed by atoms with van der Waals surface area (Å²) in [5.41, 5.74) is 1.93. The fraction of sp³-hybridized carbons (Fsp3) is 0.0833. The van der Waals surface area contributed by atoms with Crippen LogP contribution in [-0.2, 0) is 6.61 Å². The van der Waals surface area contributed by atoms with Crippen molar-refractivity contribution in [3.63, 3.8) is 0 Å². The molecule has 0 saturated carbocycles. The molecule has 0 atom stereocenters. The van der Waals surface area contributed by atoms with Crippen molar-refractivity contribution in [2.24, 2.45) is 0 Å². The third-order valence-electron chi connectivity index (χ3n) is 2.22. The van der Waals surface area contributed by atoms with Crippen molar-refractivity contribution in [3.8, 4) is 11.1 Å². The molecule has 1 N–H and O–H groups in total. The van der Waals surface area contributed by atoms with Crippen LogP contribution in [0.1, 0.15) is 5.56 Å². The van der Waals surface area contributed by atoms with Crippen LogP contribution in [0.15, 0.2) is 42.7 Å². The first kappa shape index (κ1) is 9.80. The average molecular weight is 203 g/mol. The molecule has 2 nitrogen and oxygen atoms in total. The Bertz CT molecular complexity index is 456. The van der Waals surface area contributed by atoms with Gasteiger partial charge in [0.2, 0.25) is 0 Å². The number of nitrogens with zero attached hydrogens (tertiary/aromatic N) is 1. The molecule has 1 heterocycles. The van der Waals surface area contributed by atoms with Gasteiger partial charge in [-0.05, 0) is 17.7 Å². The second-order valence-corrected chi connectivity index (χ2v) is 3.21. The highest BCUT2D eigenvalue weighted by atomic mass is 19.1. The molecule has 15 heavy (non-hydrogen) atoms. The number of hydrogen-bond acceptors (Lipinski definition) is 2. The molecular weight excluding hydrogens is 193 g/mol. The zero-order valence-corrected chi connectivity index (χ0v) is 8.02. The third-order valence-corrected chi connectivity index (χ3v) is 2.22. The van der Waals surface area contributed by atoms with Gasteiger partial charge in [0, 0.05) is 23.5 Å². The molecule has 0 amide bonds. The van der Waals surface area contributed by atoms with Gasteiger partial charge in [0.25, 0.3) is 0 Å². The van der Waals surface area contributed by atoms with Crippen LogP contribution in [-0.4, -0.2) is 10.1 Å². The average Bonchev–Trinajstić information content (AvgIpc) is 2.30. The molecule has 76 valence electrons. The van der Waals surface area contributed by atoms with Gasteiger partial charge in [-0.15, -0.1) is 0 Å². The van der Waals surface area contributed by atoms with E-state index in [1.165, 1.54) is 6.07 Å². The zero-order chi connectivity index (χ0) is 10.7. The molecule has 0 aliphatic heterocycles. The van der Waals surface area contributed by atoms with Crippen LogP contribution >= 0.6 is 0 Å². The number of hydrogen-bond donors (Lipinski definition) is 1. The van der Waals surface area contributed by atoms with E-state index in [1.807, 2.05) is 6.07 Å². The van der Waals surface area contributed by atoms with E-state index >= 15 is 0 Å². The van der Waals surface area contributed by atoms with Gasteiger partial charge in [0.05, 0.1) is 6.61 Å². The SMILES string of the molecule is OCc1ccc(-c2cccnc2)cc1F. The Kier molecular flexibility index (Phi) is 2.74. The summed E-state index contributed by atoms with van der Waals surface area (Å²) in [7, 11) is 0. The van der Waals surface area contributed by atoms with E-state index in [9.17, 15) is 4.39 Å². The topological polar surface area (TPSA) is 33.1 Å². The maximum absolute atomic E-state index is 13.4. The van der Waals surface area contributed by atoms with E-state index < -0.39 is 0 Å². The Morgan fingerprint density at radius 3 is 2.67 bits per heavy atom. The van der Waals surface area contributed by atoms with E-state index in [-0.39, 0.29) is 12.4 Å². The largest absolute Gasteiger partial charge is 0.392 e. The number of aliphatic hydroxyl groups is 1. The Labute approximate surface area is 87.0 Å². The zero-order valence-electron chi connectivity index (χ0n) is 8.02. The van der Waals surface area contributed by atoms with Gasteiger partial charge in [-0.25, -0.2) is 4.39 Å². The Hall–Kier alpha value is -1.74. The highest BCUT2D eigenvalue weighted by Crippen LogP contribution is 2.20. The van der Waals surface area contributed by atoms with Gasteiger partial charge in [-0.1, -0.05) is 18.2 Å². The quantitative estimate of drug-likeness (QED) is 0.812. The fourth-order valence-electron chi connectivity index (χ4n) is 1.39. The van der Waals surface area contributed by atoms with Gasteiger partial charge >= 0.3 is 0 Å². The lowest BCUT2D eigenvalue weighted by Crippen LogP contribution is -1.90. The predicted molar refractivity (Wildman–Crippen MR) is 55.6 cm³/mol. The second-order valence-electron chi connectivity index (χ2n) is 3.21. The molecule has 2 aromatic rings. The van der Waals surface area contributed by atoms with E-state index in [4.69, 9.17) is 5.11 Å². The minimum absolute atomic E-state index is 0.279. The molecule has 2 rings (SSSR count). The second kappa shape index (κ2) is 4.19. The van der Waals surface area contributed by atoms with Crippen molar-refractivity contribution in [1.82, 2.24) is 4.98 Å². The van der Waals surface area contributed by atoms with Gasteiger partial charge < -0.3 is 5.11 Å². The van der Waals surface area contributed by atoms with E-state index in [0.29, 0.717) is 5.56 Å². The molecule has 0 bridgehead atoms. The van der Waals surface area contributed by atoms with Crippen LogP contribution in [0.5, 0.6) is 0 Å². The van der Waals surface area contributed by atoms with Crippen LogP contribution in [0.4, 0.5) is 4.39 Å². The maximum Gasteiger partial charge on any atom is 0.129 e. The lowest BCUT2D eigenvalue weighted by atomic mass is 10.1. The summed E-state index contributed by atoms with van der Waals surface area (Å²) in [5, 5.41) is 8.83. The van der Waals surface area contributed by atoms with Crippen molar-refractivity contribution in [2.75, 3.05) is 0 Å². The van der Waals surface area contributed by atoms with E-state index in [1.54, 1.807) is 30.6 Å². The minimum atomic E-state index is -0.390.